The van der Waals surface area contributed by atoms with Gasteiger partial charge in [0.15, 0.2) is 5.16 Å². The molecular weight excluding hydrogens is 347 g/mol. The minimum atomic E-state index is -0.354. The smallest absolute Gasteiger partial charge is 0.344 e. The molecular formula is C16H19FN4O3S. The van der Waals surface area contributed by atoms with Crippen molar-refractivity contribution in [3.63, 3.8) is 0 Å². The van der Waals surface area contributed by atoms with Crippen LogP contribution in [0.1, 0.15) is 18.4 Å². The first-order chi connectivity index (χ1) is 12.1. The Hall–Kier alpha value is -2.13. The first-order valence-corrected chi connectivity index (χ1v) is 9.02. The van der Waals surface area contributed by atoms with E-state index in [1.165, 1.54) is 10.6 Å². The van der Waals surface area contributed by atoms with Gasteiger partial charge >= 0.3 is 5.69 Å². The molecule has 25 heavy (non-hydrogen) atoms. The Morgan fingerprint density at radius 3 is 3.08 bits per heavy atom. The van der Waals surface area contributed by atoms with Crippen LogP contribution >= 0.6 is 11.8 Å². The molecule has 0 radical (unpaired) electrons. The lowest BCUT2D eigenvalue weighted by Crippen LogP contribution is -2.27. The molecule has 0 unspecified atom stereocenters. The van der Waals surface area contributed by atoms with Gasteiger partial charge in [0.25, 0.3) is 0 Å². The molecule has 0 aliphatic carbocycles. The number of hydrogen-bond donors (Lipinski definition) is 2. The van der Waals surface area contributed by atoms with Crippen LogP contribution in [0.4, 0.5) is 4.39 Å². The minimum Gasteiger partial charge on any atom is -0.376 e. The zero-order valence-electron chi connectivity index (χ0n) is 13.5. The zero-order valence-corrected chi connectivity index (χ0v) is 14.4. The highest BCUT2D eigenvalue weighted by atomic mass is 32.2. The van der Waals surface area contributed by atoms with Gasteiger partial charge in [-0.05, 0) is 18.9 Å². The van der Waals surface area contributed by atoms with Crippen molar-refractivity contribution in [2.75, 3.05) is 12.4 Å². The molecule has 0 saturated carbocycles. The largest absolute Gasteiger partial charge is 0.376 e. The van der Waals surface area contributed by atoms with Gasteiger partial charge in [0.1, 0.15) is 5.82 Å². The maximum Gasteiger partial charge on any atom is 0.344 e. The lowest BCUT2D eigenvalue weighted by Gasteiger charge is -2.11. The van der Waals surface area contributed by atoms with Gasteiger partial charge in [-0.15, -0.1) is 5.10 Å². The fourth-order valence-corrected chi connectivity index (χ4v) is 3.37. The van der Waals surface area contributed by atoms with E-state index in [1.54, 1.807) is 18.2 Å². The van der Waals surface area contributed by atoms with E-state index < -0.39 is 0 Å². The van der Waals surface area contributed by atoms with Gasteiger partial charge in [0.2, 0.25) is 5.91 Å². The number of aromatic amines is 1. The number of benzene rings is 1. The predicted octanol–water partition coefficient (Wildman–Crippen LogP) is 1.30. The van der Waals surface area contributed by atoms with Crippen LogP contribution in [0.2, 0.25) is 0 Å². The SMILES string of the molecule is O=C(CSc1n[nH]c(=O)n1C[C@@H]1CCCO1)NCc1ccccc1F. The highest BCUT2D eigenvalue weighted by molar-refractivity contribution is 7.99. The van der Waals surface area contributed by atoms with Crippen LogP contribution in [-0.4, -0.2) is 39.1 Å². The second kappa shape index (κ2) is 8.30. The monoisotopic (exact) mass is 366 g/mol. The standard InChI is InChI=1S/C16H19FN4O3S/c17-13-6-2-1-4-11(13)8-18-14(22)10-25-16-20-19-15(23)21(16)9-12-5-3-7-24-12/h1-2,4,6,12H,3,5,7-10H2,(H,18,22)(H,19,23)/t12-/m0/s1. The number of carbonyl (C=O) groups excluding carboxylic acids is 1. The summed E-state index contributed by atoms with van der Waals surface area (Å²) in [7, 11) is 0. The molecule has 2 aromatic rings. The van der Waals surface area contributed by atoms with Crippen LogP contribution in [0.5, 0.6) is 0 Å². The Bertz CT molecular complexity index is 786. The van der Waals surface area contributed by atoms with E-state index in [0.29, 0.717) is 23.9 Å². The van der Waals surface area contributed by atoms with Crippen molar-refractivity contribution in [3.05, 3.63) is 46.1 Å². The molecule has 134 valence electrons. The third-order valence-electron chi connectivity index (χ3n) is 3.90. The quantitative estimate of drug-likeness (QED) is 0.721. The minimum absolute atomic E-state index is 0.00420. The van der Waals surface area contributed by atoms with Crippen LogP contribution in [0.3, 0.4) is 0 Å². The number of rotatable bonds is 7. The van der Waals surface area contributed by atoms with Gasteiger partial charge in [-0.2, -0.15) is 0 Å². The highest BCUT2D eigenvalue weighted by Crippen LogP contribution is 2.18. The number of ether oxygens (including phenoxy) is 1. The second-order valence-corrected chi connectivity index (χ2v) is 6.66. The first-order valence-electron chi connectivity index (χ1n) is 8.03. The van der Waals surface area contributed by atoms with Gasteiger partial charge in [-0.25, -0.2) is 14.3 Å². The lowest BCUT2D eigenvalue weighted by molar-refractivity contribution is -0.118. The molecule has 0 bridgehead atoms. The molecule has 7 nitrogen and oxygen atoms in total. The normalized spacial score (nSPS) is 16.9. The molecule has 1 amide bonds. The number of nitrogens with one attached hydrogen (secondary N) is 2. The van der Waals surface area contributed by atoms with E-state index in [2.05, 4.69) is 15.5 Å². The Kier molecular flexibility index (Phi) is 5.87. The number of aromatic nitrogens is 3. The summed E-state index contributed by atoms with van der Waals surface area (Å²) in [6.45, 7) is 1.25. The zero-order chi connectivity index (χ0) is 17.6. The lowest BCUT2D eigenvalue weighted by atomic mass is 10.2. The van der Waals surface area contributed by atoms with Crippen molar-refractivity contribution < 1.29 is 13.9 Å². The molecule has 1 saturated heterocycles. The molecule has 1 aromatic heterocycles. The molecule has 2 N–H and O–H groups in total. The van der Waals surface area contributed by atoms with E-state index in [0.717, 1.165) is 24.6 Å². The summed E-state index contributed by atoms with van der Waals surface area (Å²) in [6, 6.07) is 6.29. The number of H-pyrrole nitrogens is 1. The van der Waals surface area contributed by atoms with Crippen molar-refractivity contribution in [1.82, 2.24) is 20.1 Å². The van der Waals surface area contributed by atoms with Crippen molar-refractivity contribution in [2.24, 2.45) is 0 Å². The number of halogens is 1. The molecule has 3 rings (SSSR count). The maximum absolute atomic E-state index is 13.5. The van der Waals surface area contributed by atoms with Crippen LogP contribution in [0.25, 0.3) is 0 Å². The van der Waals surface area contributed by atoms with Crippen LogP contribution in [-0.2, 0) is 22.6 Å². The summed E-state index contributed by atoms with van der Waals surface area (Å²) >= 11 is 1.16. The van der Waals surface area contributed by atoms with Gasteiger partial charge in [0, 0.05) is 18.7 Å². The summed E-state index contributed by atoms with van der Waals surface area (Å²) in [5, 5.41) is 9.46. The van der Waals surface area contributed by atoms with Gasteiger partial charge in [-0.3, -0.25) is 9.36 Å². The van der Waals surface area contributed by atoms with E-state index >= 15 is 0 Å². The third-order valence-corrected chi connectivity index (χ3v) is 4.88. The number of carbonyl (C=O) groups is 1. The molecule has 0 spiro atoms. The molecule has 1 fully saturated rings. The molecule has 1 aliphatic rings. The van der Waals surface area contributed by atoms with Gasteiger partial charge < -0.3 is 10.1 Å². The predicted molar refractivity (Wildman–Crippen MR) is 90.8 cm³/mol. The fourth-order valence-electron chi connectivity index (χ4n) is 2.58. The maximum atomic E-state index is 13.5. The summed E-state index contributed by atoms with van der Waals surface area (Å²) < 4.78 is 20.5. The average molecular weight is 366 g/mol. The fraction of sp³-hybridized carbons (Fsp3) is 0.438. The Labute approximate surface area is 148 Å². The molecule has 1 aliphatic heterocycles. The van der Waals surface area contributed by atoms with Crippen LogP contribution < -0.4 is 11.0 Å². The second-order valence-electron chi connectivity index (χ2n) is 5.71. The van der Waals surface area contributed by atoms with Crippen LogP contribution in [0.15, 0.2) is 34.2 Å². The Morgan fingerprint density at radius 1 is 1.48 bits per heavy atom. The van der Waals surface area contributed by atoms with Gasteiger partial charge in [-0.1, -0.05) is 30.0 Å². The number of hydrogen-bond acceptors (Lipinski definition) is 5. The van der Waals surface area contributed by atoms with E-state index in [4.69, 9.17) is 4.74 Å². The first kappa shape index (κ1) is 17.7. The van der Waals surface area contributed by atoms with E-state index in [-0.39, 0.29) is 35.8 Å². The molecule has 1 atom stereocenters. The molecule has 2 heterocycles. The van der Waals surface area contributed by atoms with Gasteiger partial charge in [0.05, 0.1) is 18.4 Å². The topological polar surface area (TPSA) is 89.0 Å². The Balaban J connectivity index is 1.52. The number of amides is 1. The summed E-state index contributed by atoms with van der Waals surface area (Å²) in [6.07, 6.45) is 1.90. The van der Waals surface area contributed by atoms with Crippen LogP contribution in [0, 0.1) is 5.82 Å². The van der Waals surface area contributed by atoms with Crippen molar-refractivity contribution in [1.29, 1.82) is 0 Å². The summed E-state index contributed by atoms with van der Waals surface area (Å²) in [5.41, 5.74) is 0.112. The summed E-state index contributed by atoms with van der Waals surface area (Å²) in [5.74, 6) is -0.523. The Morgan fingerprint density at radius 2 is 2.32 bits per heavy atom. The summed E-state index contributed by atoms with van der Waals surface area (Å²) in [4.78, 5) is 23.8. The van der Waals surface area contributed by atoms with Crippen molar-refractivity contribution in [3.8, 4) is 0 Å². The third kappa shape index (κ3) is 4.70. The molecule has 1 aromatic carbocycles. The number of nitrogens with zero attached hydrogens (tertiary/aromatic N) is 2. The van der Waals surface area contributed by atoms with E-state index in [1.807, 2.05) is 0 Å². The number of thioether (sulfide) groups is 1. The molecule has 9 heteroatoms. The van der Waals surface area contributed by atoms with E-state index in [9.17, 15) is 14.0 Å². The van der Waals surface area contributed by atoms with Crippen molar-refractivity contribution in [2.45, 2.75) is 37.2 Å². The van der Waals surface area contributed by atoms with Crippen molar-refractivity contribution >= 4 is 17.7 Å². The average Bonchev–Trinajstić information content (AvgIpc) is 3.24. The highest BCUT2D eigenvalue weighted by Gasteiger charge is 2.20.